The minimum atomic E-state index is 0.186. The van der Waals surface area contributed by atoms with Crippen molar-refractivity contribution in [3.8, 4) is 11.5 Å². The van der Waals surface area contributed by atoms with Crippen LogP contribution < -0.4 is 15.2 Å². The van der Waals surface area contributed by atoms with Gasteiger partial charge >= 0.3 is 0 Å². The van der Waals surface area contributed by atoms with E-state index < -0.39 is 0 Å². The SMILES string of the molecule is COc1ccc(CCN2CC[C@H](N)[C@H](c3cccc(Cl)c3)C2)cc1OC. The molecule has 1 heterocycles. The predicted molar refractivity (Wildman–Crippen MR) is 106 cm³/mol. The maximum atomic E-state index is 6.40. The Morgan fingerprint density at radius 2 is 1.92 bits per heavy atom. The fourth-order valence-electron chi connectivity index (χ4n) is 3.65. The van der Waals surface area contributed by atoms with E-state index >= 15 is 0 Å². The lowest BCUT2D eigenvalue weighted by Gasteiger charge is -2.37. The quantitative estimate of drug-likeness (QED) is 0.837. The molecule has 0 radical (unpaired) electrons. The highest BCUT2D eigenvalue weighted by Gasteiger charge is 2.27. The molecule has 1 aliphatic heterocycles. The van der Waals surface area contributed by atoms with Gasteiger partial charge in [0.25, 0.3) is 0 Å². The third-order valence-corrected chi connectivity index (χ3v) is 5.43. The summed E-state index contributed by atoms with van der Waals surface area (Å²) in [6.07, 6.45) is 1.97. The van der Waals surface area contributed by atoms with Crippen molar-refractivity contribution in [3.63, 3.8) is 0 Å². The van der Waals surface area contributed by atoms with Gasteiger partial charge in [0.2, 0.25) is 0 Å². The van der Waals surface area contributed by atoms with Crippen molar-refractivity contribution in [2.45, 2.75) is 24.8 Å². The van der Waals surface area contributed by atoms with E-state index in [-0.39, 0.29) is 6.04 Å². The van der Waals surface area contributed by atoms with E-state index in [9.17, 15) is 0 Å². The molecule has 4 nitrogen and oxygen atoms in total. The number of methoxy groups -OCH3 is 2. The van der Waals surface area contributed by atoms with Crippen LogP contribution >= 0.6 is 11.6 Å². The molecule has 0 bridgehead atoms. The van der Waals surface area contributed by atoms with Gasteiger partial charge in [0.15, 0.2) is 11.5 Å². The molecule has 0 amide bonds. The lowest BCUT2D eigenvalue weighted by molar-refractivity contribution is 0.192. The Labute approximate surface area is 160 Å². The van der Waals surface area contributed by atoms with E-state index in [0.29, 0.717) is 5.92 Å². The van der Waals surface area contributed by atoms with Crippen LogP contribution in [0.25, 0.3) is 0 Å². The maximum absolute atomic E-state index is 6.40. The summed E-state index contributed by atoms with van der Waals surface area (Å²) in [5.41, 5.74) is 8.88. The Morgan fingerprint density at radius 1 is 1.12 bits per heavy atom. The summed E-state index contributed by atoms with van der Waals surface area (Å²) in [7, 11) is 3.33. The summed E-state index contributed by atoms with van der Waals surface area (Å²) in [5.74, 6) is 1.87. The second-order valence-corrected chi connectivity index (χ2v) is 7.29. The van der Waals surface area contributed by atoms with E-state index in [1.807, 2.05) is 24.3 Å². The van der Waals surface area contributed by atoms with E-state index in [2.05, 4.69) is 23.1 Å². The first-order chi connectivity index (χ1) is 12.6. The number of likely N-dealkylation sites (tertiary alicyclic amines) is 1. The summed E-state index contributed by atoms with van der Waals surface area (Å²) in [4.78, 5) is 2.49. The van der Waals surface area contributed by atoms with Crippen LogP contribution in [0.4, 0.5) is 0 Å². The lowest BCUT2D eigenvalue weighted by Crippen LogP contribution is -2.46. The number of ether oxygens (including phenoxy) is 2. The van der Waals surface area contributed by atoms with Gasteiger partial charge in [-0.1, -0.05) is 29.8 Å². The zero-order valence-corrected chi connectivity index (χ0v) is 16.2. The van der Waals surface area contributed by atoms with Crippen LogP contribution in [0.2, 0.25) is 5.02 Å². The maximum Gasteiger partial charge on any atom is 0.160 e. The largest absolute Gasteiger partial charge is 0.493 e. The molecular weight excluding hydrogens is 348 g/mol. The molecule has 2 aromatic rings. The van der Waals surface area contributed by atoms with Gasteiger partial charge in [-0.2, -0.15) is 0 Å². The summed E-state index contributed by atoms with van der Waals surface area (Å²) in [6.45, 7) is 3.00. The van der Waals surface area contributed by atoms with Gasteiger partial charge in [-0.05, 0) is 54.8 Å². The van der Waals surface area contributed by atoms with E-state index in [4.69, 9.17) is 26.8 Å². The molecule has 0 unspecified atom stereocenters. The lowest BCUT2D eigenvalue weighted by atomic mass is 9.86. The normalized spacial score (nSPS) is 20.8. The molecule has 1 aliphatic rings. The molecule has 2 aromatic carbocycles. The van der Waals surface area contributed by atoms with Gasteiger partial charge in [-0.15, -0.1) is 0 Å². The molecule has 2 N–H and O–H groups in total. The number of nitrogens with zero attached hydrogens (tertiary/aromatic N) is 1. The number of halogens is 1. The molecule has 5 heteroatoms. The molecule has 2 atom stereocenters. The minimum Gasteiger partial charge on any atom is -0.493 e. The topological polar surface area (TPSA) is 47.7 Å². The number of benzene rings is 2. The molecule has 140 valence electrons. The molecule has 0 saturated carbocycles. The van der Waals surface area contributed by atoms with Gasteiger partial charge in [0, 0.05) is 30.1 Å². The third-order valence-electron chi connectivity index (χ3n) is 5.19. The Kier molecular flexibility index (Phi) is 6.41. The van der Waals surface area contributed by atoms with Crippen molar-refractivity contribution < 1.29 is 9.47 Å². The average Bonchev–Trinajstić information content (AvgIpc) is 2.67. The first kappa shape index (κ1) is 19.0. The first-order valence-corrected chi connectivity index (χ1v) is 9.43. The highest BCUT2D eigenvalue weighted by atomic mass is 35.5. The van der Waals surface area contributed by atoms with E-state index in [0.717, 1.165) is 49.0 Å². The average molecular weight is 375 g/mol. The molecular formula is C21H27ClN2O2. The van der Waals surface area contributed by atoms with Gasteiger partial charge < -0.3 is 20.1 Å². The van der Waals surface area contributed by atoms with Crippen molar-refractivity contribution in [2.75, 3.05) is 33.9 Å². The Hall–Kier alpha value is -1.75. The minimum absolute atomic E-state index is 0.186. The van der Waals surface area contributed by atoms with Gasteiger partial charge in [-0.25, -0.2) is 0 Å². The summed E-state index contributed by atoms with van der Waals surface area (Å²) in [5, 5.41) is 0.775. The smallest absolute Gasteiger partial charge is 0.160 e. The molecule has 0 spiro atoms. The molecule has 0 aromatic heterocycles. The second-order valence-electron chi connectivity index (χ2n) is 6.85. The van der Waals surface area contributed by atoms with E-state index in [1.54, 1.807) is 14.2 Å². The van der Waals surface area contributed by atoms with Crippen LogP contribution in [0, 0.1) is 0 Å². The van der Waals surface area contributed by atoms with Crippen LogP contribution in [-0.4, -0.2) is 44.8 Å². The third kappa shape index (κ3) is 4.50. The standard InChI is InChI=1S/C21H27ClN2O2/c1-25-20-7-6-15(12-21(20)26-2)8-10-24-11-9-19(23)18(14-24)16-4-3-5-17(22)13-16/h3-7,12-13,18-19H,8-11,14,23H2,1-2H3/t18-,19-/m0/s1. The summed E-state index contributed by atoms with van der Waals surface area (Å²) >= 11 is 6.17. The van der Waals surface area contributed by atoms with Crippen LogP contribution in [-0.2, 0) is 6.42 Å². The molecule has 1 saturated heterocycles. The van der Waals surface area contributed by atoms with Crippen molar-refractivity contribution in [1.29, 1.82) is 0 Å². The number of piperidine rings is 1. The van der Waals surface area contributed by atoms with Crippen LogP contribution in [0.5, 0.6) is 11.5 Å². The first-order valence-electron chi connectivity index (χ1n) is 9.05. The number of nitrogens with two attached hydrogens (primary N) is 1. The second kappa shape index (κ2) is 8.76. The Bertz CT molecular complexity index is 738. The van der Waals surface area contributed by atoms with Crippen LogP contribution in [0.15, 0.2) is 42.5 Å². The summed E-state index contributed by atoms with van der Waals surface area (Å²) < 4.78 is 10.7. The van der Waals surface area contributed by atoms with Crippen LogP contribution in [0.1, 0.15) is 23.5 Å². The number of rotatable bonds is 6. The zero-order valence-electron chi connectivity index (χ0n) is 15.5. The van der Waals surface area contributed by atoms with Crippen molar-refractivity contribution >= 4 is 11.6 Å². The number of hydrogen-bond acceptors (Lipinski definition) is 4. The highest BCUT2D eigenvalue weighted by molar-refractivity contribution is 6.30. The molecule has 26 heavy (non-hydrogen) atoms. The predicted octanol–water partition coefficient (Wildman–Crippen LogP) is 3.72. The molecule has 3 rings (SSSR count). The summed E-state index contributed by atoms with van der Waals surface area (Å²) in [6, 6.07) is 14.4. The Morgan fingerprint density at radius 3 is 2.65 bits per heavy atom. The molecule has 0 aliphatic carbocycles. The van der Waals surface area contributed by atoms with Crippen LogP contribution in [0.3, 0.4) is 0 Å². The fraction of sp³-hybridized carbons (Fsp3) is 0.429. The van der Waals surface area contributed by atoms with Gasteiger partial charge in [-0.3, -0.25) is 0 Å². The van der Waals surface area contributed by atoms with Crippen molar-refractivity contribution in [2.24, 2.45) is 5.73 Å². The van der Waals surface area contributed by atoms with Crippen molar-refractivity contribution in [1.82, 2.24) is 4.90 Å². The highest BCUT2D eigenvalue weighted by Crippen LogP contribution is 2.30. The van der Waals surface area contributed by atoms with Gasteiger partial charge in [0.05, 0.1) is 14.2 Å². The fourth-order valence-corrected chi connectivity index (χ4v) is 3.85. The zero-order chi connectivity index (χ0) is 18.5. The number of hydrogen-bond donors (Lipinski definition) is 1. The monoisotopic (exact) mass is 374 g/mol. The van der Waals surface area contributed by atoms with Crippen molar-refractivity contribution in [3.05, 3.63) is 58.6 Å². The Balaban J connectivity index is 1.63. The molecule has 1 fully saturated rings. The van der Waals surface area contributed by atoms with E-state index in [1.165, 1.54) is 11.1 Å². The van der Waals surface area contributed by atoms with Gasteiger partial charge in [0.1, 0.15) is 0 Å².